The van der Waals surface area contributed by atoms with Crippen LogP contribution in [0.5, 0.6) is 0 Å². The molecule has 84 valence electrons. The van der Waals surface area contributed by atoms with Gasteiger partial charge >= 0.3 is 0 Å². The van der Waals surface area contributed by atoms with Gasteiger partial charge in [-0.15, -0.1) is 0 Å². The van der Waals surface area contributed by atoms with Gasteiger partial charge in [0.15, 0.2) is 5.82 Å². The van der Waals surface area contributed by atoms with Crippen LogP contribution >= 0.6 is 0 Å². The fourth-order valence-electron chi connectivity index (χ4n) is 1.91. The van der Waals surface area contributed by atoms with E-state index in [9.17, 15) is 5.11 Å². The number of hydrogen-bond acceptors (Lipinski definition) is 4. The number of aliphatic hydroxyl groups is 1. The van der Waals surface area contributed by atoms with E-state index in [-0.39, 0.29) is 0 Å². The minimum Gasteiger partial charge on any atom is -0.387 e. The smallest absolute Gasteiger partial charge is 0.175 e. The maximum Gasteiger partial charge on any atom is 0.175 e. The van der Waals surface area contributed by atoms with Crippen LogP contribution in [0.2, 0.25) is 0 Å². The molecule has 0 radical (unpaired) electrons. The first-order valence-corrected chi connectivity index (χ1v) is 5.23. The molecular weight excluding hydrogens is 206 g/mol. The molecule has 1 unspecified atom stereocenters. The van der Waals surface area contributed by atoms with Crippen molar-refractivity contribution in [3.63, 3.8) is 0 Å². The van der Waals surface area contributed by atoms with Crippen LogP contribution in [-0.2, 0) is 6.54 Å². The van der Waals surface area contributed by atoms with Gasteiger partial charge in [0.05, 0.1) is 11.8 Å². The maximum atomic E-state index is 9.78. The van der Waals surface area contributed by atoms with Gasteiger partial charge in [-0.05, 0) is 6.92 Å². The molecule has 1 aliphatic rings. The van der Waals surface area contributed by atoms with E-state index in [4.69, 9.17) is 0 Å². The summed E-state index contributed by atoms with van der Waals surface area (Å²) < 4.78 is 1.70. The highest BCUT2D eigenvalue weighted by molar-refractivity contribution is 5.29. The van der Waals surface area contributed by atoms with Crippen LogP contribution in [0.15, 0.2) is 12.3 Å². The number of nitrogens with one attached hydrogen (secondary N) is 2. The summed E-state index contributed by atoms with van der Waals surface area (Å²) in [7, 11) is 0. The Morgan fingerprint density at radius 2 is 2.44 bits per heavy atom. The quantitative estimate of drug-likeness (QED) is 0.632. The van der Waals surface area contributed by atoms with E-state index >= 15 is 0 Å². The SMILES string of the molecule is Cc1cc(-n2cc3c(n2)CNCC3O)n[nH]1. The molecule has 3 N–H and O–H groups in total. The van der Waals surface area contributed by atoms with E-state index in [2.05, 4.69) is 20.6 Å². The summed E-state index contributed by atoms with van der Waals surface area (Å²) in [5.41, 5.74) is 2.76. The third-order valence-corrected chi connectivity index (χ3v) is 2.74. The standard InChI is InChI=1S/C10H13N5O/c1-6-2-10(13-12-6)15-5-7-8(14-15)3-11-4-9(7)16/h2,5,9,11,16H,3-4H2,1H3,(H,12,13). The predicted octanol–water partition coefficient (Wildman–Crippen LogP) is 0.0404. The minimum atomic E-state index is -0.475. The lowest BCUT2D eigenvalue weighted by Crippen LogP contribution is -2.27. The second-order valence-corrected chi connectivity index (χ2v) is 4.03. The van der Waals surface area contributed by atoms with Crippen molar-refractivity contribution in [3.05, 3.63) is 29.2 Å². The fourth-order valence-corrected chi connectivity index (χ4v) is 1.91. The zero-order valence-corrected chi connectivity index (χ0v) is 8.94. The summed E-state index contributed by atoms with van der Waals surface area (Å²) in [5, 5.41) is 24.3. The highest BCUT2D eigenvalue weighted by Gasteiger charge is 2.21. The van der Waals surface area contributed by atoms with Gasteiger partial charge < -0.3 is 10.4 Å². The first-order chi connectivity index (χ1) is 7.74. The van der Waals surface area contributed by atoms with E-state index in [0.29, 0.717) is 13.1 Å². The molecule has 0 amide bonds. The summed E-state index contributed by atoms with van der Waals surface area (Å²) in [6.45, 7) is 3.22. The van der Waals surface area contributed by atoms with Gasteiger partial charge in [0.2, 0.25) is 0 Å². The van der Waals surface area contributed by atoms with Crippen molar-refractivity contribution in [1.82, 2.24) is 25.3 Å². The van der Waals surface area contributed by atoms with E-state index < -0.39 is 6.10 Å². The Bertz CT molecular complexity index is 515. The molecular formula is C10H13N5O. The van der Waals surface area contributed by atoms with Crippen molar-refractivity contribution >= 4 is 0 Å². The number of H-pyrrole nitrogens is 1. The largest absolute Gasteiger partial charge is 0.387 e. The van der Waals surface area contributed by atoms with Crippen molar-refractivity contribution in [1.29, 1.82) is 0 Å². The lowest BCUT2D eigenvalue weighted by Gasteiger charge is -2.16. The molecule has 16 heavy (non-hydrogen) atoms. The summed E-state index contributed by atoms with van der Waals surface area (Å²) in [6, 6.07) is 1.91. The van der Waals surface area contributed by atoms with Crippen molar-refractivity contribution in [3.8, 4) is 5.82 Å². The number of rotatable bonds is 1. The second-order valence-electron chi connectivity index (χ2n) is 4.03. The average molecular weight is 219 g/mol. The zero-order chi connectivity index (χ0) is 11.1. The van der Waals surface area contributed by atoms with Crippen LogP contribution in [0.3, 0.4) is 0 Å². The van der Waals surface area contributed by atoms with Gasteiger partial charge in [-0.3, -0.25) is 5.10 Å². The molecule has 3 heterocycles. The van der Waals surface area contributed by atoms with Gasteiger partial charge in [-0.2, -0.15) is 10.2 Å². The van der Waals surface area contributed by atoms with Crippen molar-refractivity contribution in [2.75, 3.05) is 6.54 Å². The Morgan fingerprint density at radius 3 is 3.12 bits per heavy atom. The molecule has 1 atom stereocenters. The third-order valence-electron chi connectivity index (χ3n) is 2.74. The normalized spacial score (nSPS) is 19.8. The summed E-state index contributed by atoms with van der Waals surface area (Å²) in [5.74, 6) is 0.749. The number of aromatic nitrogens is 4. The molecule has 0 fully saturated rings. The van der Waals surface area contributed by atoms with E-state index in [0.717, 1.165) is 22.8 Å². The number of hydrogen-bond donors (Lipinski definition) is 3. The molecule has 0 bridgehead atoms. The van der Waals surface area contributed by atoms with Crippen molar-refractivity contribution in [2.45, 2.75) is 19.6 Å². The molecule has 1 aliphatic heterocycles. The van der Waals surface area contributed by atoms with Gasteiger partial charge in [0.25, 0.3) is 0 Å². The Hall–Kier alpha value is -1.66. The maximum absolute atomic E-state index is 9.78. The van der Waals surface area contributed by atoms with E-state index in [1.807, 2.05) is 19.2 Å². The number of aliphatic hydroxyl groups excluding tert-OH is 1. The lowest BCUT2D eigenvalue weighted by atomic mass is 10.1. The summed E-state index contributed by atoms with van der Waals surface area (Å²) >= 11 is 0. The third kappa shape index (κ3) is 1.43. The summed E-state index contributed by atoms with van der Waals surface area (Å²) in [6.07, 6.45) is 1.37. The number of nitrogens with zero attached hydrogens (tertiary/aromatic N) is 3. The van der Waals surface area contributed by atoms with Crippen LogP contribution < -0.4 is 5.32 Å². The zero-order valence-electron chi connectivity index (χ0n) is 8.94. The average Bonchev–Trinajstić information content (AvgIpc) is 2.84. The van der Waals surface area contributed by atoms with Gasteiger partial charge in [-0.25, -0.2) is 4.68 Å². The topological polar surface area (TPSA) is 78.8 Å². The first kappa shape index (κ1) is 9.56. The number of β-amino-alcohol motifs (C(OH)–C–C–N with tert-alkyl or cyclic N) is 1. The number of fused-ring (bicyclic) bond motifs is 1. The van der Waals surface area contributed by atoms with Gasteiger partial charge in [-0.1, -0.05) is 0 Å². The molecule has 6 heteroatoms. The van der Waals surface area contributed by atoms with Crippen molar-refractivity contribution < 1.29 is 5.11 Å². The van der Waals surface area contributed by atoms with Crippen LogP contribution in [0, 0.1) is 6.92 Å². The Kier molecular flexibility index (Phi) is 2.05. The predicted molar refractivity (Wildman–Crippen MR) is 57.1 cm³/mol. The molecule has 2 aromatic rings. The molecule has 0 spiro atoms. The van der Waals surface area contributed by atoms with E-state index in [1.165, 1.54) is 0 Å². The molecule has 2 aromatic heterocycles. The highest BCUT2D eigenvalue weighted by atomic mass is 16.3. The Labute approximate surface area is 92.3 Å². The lowest BCUT2D eigenvalue weighted by molar-refractivity contribution is 0.165. The molecule has 0 saturated carbocycles. The molecule has 3 rings (SSSR count). The van der Waals surface area contributed by atoms with E-state index in [1.54, 1.807) is 4.68 Å². The number of aryl methyl sites for hydroxylation is 1. The number of aromatic amines is 1. The Morgan fingerprint density at radius 1 is 1.56 bits per heavy atom. The molecule has 6 nitrogen and oxygen atoms in total. The molecule has 0 aliphatic carbocycles. The minimum absolute atomic E-state index is 0.475. The Balaban J connectivity index is 2.04. The van der Waals surface area contributed by atoms with Crippen LogP contribution in [0.1, 0.15) is 23.1 Å². The second kappa shape index (κ2) is 3.43. The van der Waals surface area contributed by atoms with Crippen molar-refractivity contribution in [2.24, 2.45) is 0 Å². The molecule has 0 aromatic carbocycles. The van der Waals surface area contributed by atoms with Gasteiger partial charge in [0, 0.05) is 36.6 Å². The first-order valence-electron chi connectivity index (χ1n) is 5.23. The van der Waals surface area contributed by atoms with Crippen LogP contribution in [0.25, 0.3) is 5.82 Å². The molecule has 0 saturated heterocycles. The fraction of sp³-hybridized carbons (Fsp3) is 0.400. The highest BCUT2D eigenvalue weighted by Crippen LogP contribution is 2.21. The van der Waals surface area contributed by atoms with Crippen LogP contribution in [0.4, 0.5) is 0 Å². The monoisotopic (exact) mass is 219 g/mol. The van der Waals surface area contributed by atoms with Crippen LogP contribution in [-0.4, -0.2) is 31.6 Å². The summed E-state index contributed by atoms with van der Waals surface area (Å²) in [4.78, 5) is 0. The van der Waals surface area contributed by atoms with Gasteiger partial charge in [0.1, 0.15) is 0 Å².